The van der Waals surface area contributed by atoms with Crippen LogP contribution in [0.15, 0.2) is 24.7 Å². The van der Waals surface area contributed by atoms with Crippen molar-refractivity contribution in [1.82, 2.24) is 15.0 Å². The third kappa shape index (κ3) is 2.85. The van der Waals surface area contributed by atoms with E-state index < -0.39 is 0 Å². The molecule has 1 N–H and O–H groups in total. The van der Waals surface area contributed by atoms with E-state index in [-0.39, 0.29) is 5.97 Å². The number of esters is 1. The molecule has 0 atom stereocenters. The number of hydrogen-bond donors (Lipinski definition) is 1. The largest absolute Gasteiger partial charge is 0.469 e. The summed E-state index contributed by atoms with van der Waals surface area (Å²) in [7, 11) is 1.35. The van der Waals surface area contributed by atoms with Gasteiger partial charge in [0, 0.05) is 13.1 Å². The van der Waals surface area contributed by atoms with E-state index in [9.17, 15) is 4.79 Å². The number of aromatic amines is 1. The molecule has 0 spiro atoms. The van der Waals surface area contributed by atoms with Crippen molar-refractivity contribution in [3.63, 3.8) is 0 Å². The number of nitrogens with one attached hydrogen (secondary N) is 1. The van der Waals surface area contributed by atoms with E-state index in [0.29, 0.717) is 0 Å². The molecule has 0 aromatic carbocycles. The van der Waals surface area contributed by atoms with Crippen molar-refractivity contribution in [2.45, 2.75) is 6.92 Å². The molecule has 2 aromatic rings. The third-order valence-corrected chi connectivity index (χ3v) is 1.48. The van der Waals surface area contributed by atoms with Gasteiger partial charge in [-0.25, -0.2) is 9.97 Å². The van der Waals surface area contributed by atoms with Crippen molar-refractivity contribution < 1.29 is 9.53 Å². The first kappa shape index (κ1) is 10.2. The number of methoxy groups -OCH3 is 1. The molecule has 0 saturated carbocycles. The van der Waals surface area contributed by atoms with Gasteiger partial charge in [-0.05, 0) is 12.1 Å². The van der Waals surface area contributed by atoms with Crippen LogP contribution in [0.3, 0.4) is 0 Å². The molecule has 2 aromatic heterocycles. The standard InChI is InChI=1S/C6H5N3.C3H6O2/c1-2-5-6(7-3-1)9-4-8-5;1-3(4)5-2/h1-4H,(H,7,8,9);1-2H3. The molecule has 0 aliphatic heterocycles. The van der Waals surface area contributed by atoms with E-state index >= 15 is 0 Å². The fourth-order valence-corrected chi connectivity index (χ4v) is 0.775. The molecule has 2 rings (SSSR count). The summed E-state index contributed by atoms with van der Waals surface area (Å²) >= 11 is 0. The minimum atomic E-state index is -0.245. The topological polar surface area (TPSA) is 67.9 Å². The summed E-state index contributed by atoms with van der Waals surface area (Å²) < 4.78 is 4.11. The molecule has 0 radical (unpaired) electrons. The van der Waals surface area contributed by atoms with Crippen LogP contribution in [0.2, 0.25) is 0 Å². The summed E-state index contributed by atoms with van der Waals surface area (Å²) in [4.78, 5) is 20.5. The van der Waals surface area contributed by atoms with E-state index in [4.69, 9.17) is 0 Å². The van der Waals surface area contributed by atoms with Crippen LogP contribution < -0.4 is 0 Å². The molecule has 2 heterocycles. The van der Waals surface area contributed by atoms with Crippen LogP contribution in [-0.4, -0.2) is 28.0 Å². The van der Waals surface area contributed by atoms with E-state index in [1.807, 2.05) is 12.1 Å². The van der Waals surface area contributed by atoms with Gasteiger partial charge >= 0.3 is 5.97 Å². The molecule has 5 nitrogen and oxygen atoms in total. The number of pyridine rings is 1. The molecule has 0 fully saturated rings. The lowest BCUT2D eigenvalue weighted by Gasteiger charge is -1.80. The Bertz CT molecular complexity index is 381. The van der Waals surface area contributed by atoms with Gasteiger partial charge in [0.1, 0.15) is 0 Å². The molecular formula is C9H11N3O2. The summed E-state index contributed by atoms with van der Waals surface area (Å²) in [5, 5.41) is 0. The van der Waals surface area contributed by atoms with Gasteiger partial charge in [-0.1, -0.05) is 0 Å². The van der Waals surface area contributed by atoms with E-state index in [2.05, 4.69) is 19.7 Å². The van der Waals surface area contributed by atoms with Gasteiger partial charge in [0.05, 0.1) is 19.0 Å². The number of aromatic nitrogens is 3. The van der Waals surface area contributed by atoms with Crippen LogP contribution in [0.4, 0.5) is 0 Å². The van der Waals surface area contributed by atoms with Gasteiger partial charge in [0.25, 0.3) is 0 Å². The molecular weight excluding hydrogens is 182 g/mol. The number of H-pyrrole nitrogens is 1. The average Bonchev–Trinajstić information content (AvgIpc) is 2.66. The molecule has 0 saturated heterocycles. The molecule has 5 heteroatoms. The summed E-state index contributed by atoms with van der Waals surface area (Å²) in [5.74, 6) is -0.245. The highest BCUT2D eigenvalue weighted by atomic mass is 16.5. The Hall–Kier alpha value is -1.91. The van der Waals surface area contributed by atoms with Crippen LogP contribution in [0.5, 0.6) is 0 Å². The minimum Gasteiger partial charge on any atom is -0.469 e. The highest BCUT2D eigenvalue weighted by Crippen LogP contribution is 2.01. The zero-order valence-corrected chi connectivity index (χ0v) is 8.02. The molecule has 0 aliphatic carbocycles. The van der Waals surface area contributed by atoms with Gasteiger partial charge in [0.15, 0.2) is 5.65 Å². The number of hydrogen-bond acceptors (Lipinski definition) is 4. The lowest BCUT2D eigenvalue weighted by molar-refractivity contribution is -0.137. The fraction of sp³-hybridized carbons (Fsp3) is 0.222. The summed E-state index contributed by atoms with van der Waals surface area (Å²) in [6.07, 6.45) is 3.36. The number of fused-ring (bicyclic) bond motifs is 1. The predicted molar refractivity (Wildman–Crippen MR) is 51.6 cm³/mol. The first-order valence-electron chi connectivity index (χ1n) is 4.02. The highest BCUT2D eigenvalue weighted by molar-refractivity contribution is 5.68. The average molecular weight is 193 g/mol. The Morgan fingerprint density at radius 2 is 2.21 bits per heavy atom. The second-order valence-corrected chi connectivity index (χ2v) is 2.47. The SMILES string of the molecule is COC(C)=O.c1cnc2nc[nH]c2c1. The van der Waals surface area contributed by atoms with Crippen molar-refractivity contribution >= 4 is 17.1 Å². The Balaban J connectivity index is 0.000000171. The quantitative estimate of drug-likeness (QED) is 0.637. The first-order valence-corrected chi connectivity index (χ1v) is 4.02. The zero-order valence-electron chi connectivity index (χ0n) is 8.02. The maximum absolute atomic E-state index is 9.59. The van der Waals surface area contributed by atoms with E-state index in [1.54, 1.807) is 12.5 Å². The number of rotatable bonds is 0. The van der Waals surface area contributed by atoms with Gasteiger partial charge < -0.3 is 9.72 Å². The molecule has 0 bridgehead atoms. The monoisotopic (exact) mass is 193 g/mol. The number of nitrogens with zero attached hydrogens (tertiary/aromatic N) is 2. The van der Waals surface area contributed by atoms with Crippen LogP contribution >= 0.6 is 0 Å². The molecule has 0 unspecified atom stereocenters. The third-order valence-electron chi connectivity index (χ3n) is 1.48. The van der Waals surface area contributed by atoms with Gasteiger partial charge in [-0.15, -0.1) is 0 Å². The lowest BCUT2D eigenvalue weighted by atomic mass is 10.4. The second-order valence-electron chi connectivity index (χ2n) is 2.47. The van der Waals surface area contributed by atoms with Crippen LogP contribution in [0.1, 0.15) is 6.92 Å². The minimum absolute atomic E-state index is 0.245. The molecule has 14 heavy (non-hydrogen) atoms. The van der Waals surface area contributed by atoms with Crippen molar-refractivity contribution in [2.24, 2.45) is 0 Å². The zero-order chi connectivity index (χ0) is 10.4. The number of imidazole rings is 1. The maximum atomic E-state index is 9.59. The van der Waals surface area contributed by atoms with Crippen LogP contribution in [0, 0.1) is 0 Å². The van der Waals surface area contributed by atoms with Crippen LogP contribution in [0.25, 0.3) is 11.2 Å². The van der Waals surface area contributed by atoms with Gasteiger partial charge in [0.2, 0.25) is 0 Å². The van der Waals surface area contributed by atoms with Gasteiger partial charge in [-0.2, -0.15) is 0 Å². The highest BCUT2D eigenvalue weighted by Gasteiger charge is 1.90. The normalized spacial score (nSPS) is 9.00. The van der Waals surface area contributed by atoms with Crippen molar-refractivity contribution in [3.8, 4) is 0 Å². The lowest BCUT2D eigenvalue weighted by Crippen LogP contribution is -1.88. The van der Waals surface area contributed by atoms with Crippen molar-refractivity contribution in [1.29, 1.82) is 0 Å². The van der Waals surface area contributed by atoms with Crippen molar-refractivity contribution in [3.05, 3.63) is 24.7 Å². The smallest absolute Gasteiger partial charge is 0.302 e. The second kappa shape index (κ2) is 4.96. The molecule has 0 aliphatic rings. The Morgan fingerprint density at radius 3 is 2.79 bits per heavy atom. The Labute approximate surface area is 81.1 Å². The van der Waals surface area contributed by atoms with Gasteiger partial charge in [-0.3, -0.25) is 4.79 Å². The van der Waals surface area contributed by atoms with Crippen LogP contribution in [-0.2, 0) is 9.53 Å². The fourth-order valence-electron chi connectivity index (χ4n) is 0.775. The maximum Gasteiger partial charge on any atom is 0.302 e. The summed E-state index contributed by atoms with van der Waals surface area (Å²) in [6, 6.07) is 3.82. The first-order chi connectivity index (χ1) is 6.74. The molecule has 0 amide bonds. The number of carbonyl (C=O) groups is 1. The summed E-state index contributed by atoms with van der Waals surface area (Å²) in [5.41, 5.74) is 1.76. The number of ether oxygens (including phenoxy) is 1. The predicted octanol–water partition coefficient (Wildman–Crippen LogP) is 1.14. The number of carbonyl (C=O) groups excluding carboxylic acids is 1. The van der Waals surface area contributed by atoms with Crippen molar-refractivity contribution in [2.75, 3.05) is 7.11 Å². The van der Waals surface area contributed by atoms with E-state index in [0.717, 1.165) is 11.2 Å². The molecule has 74 valence electrons. The Kier molecular flexibility index (Phi) is 3.60. The van der Waals surface area contributed by atoms with E-state index in [1.165, 1.54) is 14.0 Å². The summed E-state index contributed by atoms with van der Waals surface area (Å²) in [6.45, 7) is 1.36. The Morgan fingerprint density at radius 1 is 1.50 bits per heavy atom.